The third-order valence-corrected chi connectivity index (χ3v) is 6.52. The zero-order chi connectivity index (χ0) is 29.5. The standard InChI is InChI=1S/C26H17Cl2F6N3O3/c1-13-8-15(21-12-24(40-37-21,26(32,33)34)17-9-18(27)11-19(28)10-17)4-7-20(13)23(39)36-35-22(38)14-2-5-16(6-3-14)25(29,30)31/h2-11H,12H2,1H3,(H,35,38)(H,36,39). The monoisotopic (exact) mass is 603 g/mol. The summed E-state index contributed by atoms with van der Waals surface area (Å²) in [6.45, 7) is 1.51. The van der Waals surface area contributed by atoms with E-state index in [2.05, 4.69) is 16.0 Å². The van der Waals surface area contributed by atoms with Gasteiger partial charge < -0.3 is 4.84 Å². The molecule has 3 aromatic rings. The molecule has 0 aliphatic carbocycles. The summed E-state index contributed by atoms with van der Waals surface area (Å²) < 4.78 is 80.8. The summed E-state index contributed by atoms with van der Waals surface area (Å²) in [6.07, 6.45) is -10.1. The second-order valence-corrected chi connectivity index (χ2v) is 9.67. The maximum atomic E-state index is 14.2. The van der Waals surface area contributed by atoms with Crippen molar-refractivity contribution in [3.63, 3.8) is 0 Å². The van der Waals surface area contributed by atoms with Gasteiger partial charge in [-0.2, -0.15) is 26.3 Å². The van der Waals surface area contributed by atoms with Gasteiger partial charge in [-0.1, -0.05) is 34.4 Å². The molecule has 1 heterocycles. The number of hydrogen-bond donors (Lipinski definition) is 2. The first-order chi connectivity index (χ1) is 18.6. The second-order valence-electron chi connectivity index (χ2n) is 8.80. The summed E-state index contributed by atoms with van der Waals surface area (Å²) in [5.41, 5.74) is 0.627. The lowest BCUT2D eigenvalue weighted by atomic mass is 9.86. The molecule has 0 saturated heterocycles. The summed E-state index contributed by atoms with van der Waals surface area (Å²) in [6, 6.07) is 10.9. The van der Waals surface area contributed by atoms with Crippen molar-refractivity contribution in [2.45, 2.75) is 31.3 Å². The fraction of sp³-hybridized carbons (Fsp3) is 0.192. The minimum absolute atomic E-state index is 0.0141. The number of hydrogen-bond acceptors (Lipinski definition) is 4. The number of nitrogens with one attached hydrogen (secondary N) is 2. The second kappa shape index (κ2) is 10.7. The van der Waals surface area contributed by atoms with E-state index in [-0.39, 0.29) is 38.0 Å². The number of benzene rings is 3. The van der Waals surface area contributed by atoms with Crippen LogP contribution in [-0.2, 0) is 16.6 Å². The van der Waals surface area contributed by atoms with E-state index < -0.39 is 41.8 Å². The number of hydrazine groups is 1. The van der Waals surface area contributed by atoms with Crippen LogP contribution in [-0.4, -0.2) is 23.7 Å². The molecule has 0 aromatic heterocycles. The quantitative estimate of drug-likeness (QED) is 0.249. The van der Waals surface area contributed by atoms with Crippen LogP contribution in [0.2, 0.25) is 10.0 Å². The number of halogens is 8. The highest BCUT2D eigenvalue weighted by molar-refractivity contribution is 6.34. The van der Waals surface area contributed by atoms with Crippen molar-refractivity contribution < 1.29 is 40.8 Å². The van der Waals surface area contributed by atoms with Crippen LogP contribution >= 0.6 is 23.2 Å². The minimum atomic E-state index is -4.88. The highest BCUT2D eigenvalue weighted by atomic mass is 35.5. The van der Waals surface area contributed by atoms with Gasteiger partial charge in [0.05, 0.1) is 11.3 Å². The minimum Gasteiger partial charge on any atom is -0.374 e. The molecule has 2 amide bonds. The molecule has 2 N–H and O–H groups in total. The van der Waals surface area contributed by atoms with Gasteiger partial charge in [0.1, 0.15) is 0 Å². The van der Waals surface area contributed by atoms with Gasteiger partial charge in [0.15, 0.2) is 0 Å². The van der Waals surface area contributed by atoms with Crippen molar-refractivity contribution in [2.75, 3.05) is 0 Å². The first-order valence-corrected chi connectivity index (χ1v) is 12.0. The maximum Gasteiger partial charge on any atom is 0.435 e. The van der Waals surface area contributed by atoms with Gasteiger partial charge >= 0.3 is 12.4 Å². The van der Waals surface area contributed by atoms with Crippen molar-refractivity contribution in [3.05, 3.63) is 104 Å². The molecule has 0 radical (unpaired) electrons. The maximum absolute atomic E-state index is 14.2. The molecule has 6 nitrogen and oxygen atoms in total. The number of rotatable bonds is 4. The van der Waals surface area contributed by atoms with Crippen molar-refractivity contribution in [1.29, 1.82) is 0 Å². The highest BCUT2D eigenvalue weighted by Crippen LogP contribution is 2.49. The molecule has 3 aromatic carbocycles. The summed E-state index contributed by atoms with van der Waals surface area (Å²) in [5.74, 6) is -1.63. The molecule has 0 spiro atoms. The molecule has 40 heavy (non-hydrogen) atoms. The van der Waals surface area contributed by atoms with Gasteiger partial charge in [-0.15, -0.1) is 0 Å². The first kappa shape index (κ1) is 29.2. The topological polar surface area (TPSA) is 79.8 Å². The molecular weight excluding hydrogens is 587 g/mol. The molecule has 1 unspecified atom stereocenters. The van der Waals surface area contributed by atoms with E-state index in [9.17, 15) is 35.9 Å². The molecule has 210 valence electrons. The van der Waals surface area contributed by atoms with Gasteiger partial charge in [0, 0.05) is 33.2 Å². The summed E-state index contributed by atoms with van der Waals surface area (Å²) >= 11 is 11.8. The third kappa shape index (κ3) is 5.87. The zero-order valence-electron chi connectivity index (χ0n) is 20.2. The number of alkyl halides is 6. The van der Waals surface area contributed by atoms with Crippen molar-refractivity contribution in [1.82, 2.24) is 10.9 Å². The molecule has 1 atom stereocenters. The van der Waals surface area contributed by atoms with Crippen LogP contribution in [0.5, 0.6) is 0 Å². The molecule has 0 saturated carbocycles. The lowest BCUT2D eigenvalue weighted by molar-refractivity contribution is -0.275. The number of amides is 2. The average molecular weight is 604 g/mol. The number of carbonyl (C=O) groups is 2. The largest absolute Gasteiger partial charge is 0.435 e. The van der Waals surface area contributed by atoms with Crippen LogP contribution in [0.4, 0.5) is 26.3 Å². The van der Waals surface area contributed by atoms with Gasteiger partial charge in [0.2, 0.25) is 0 Å². The third-order valence-electron chi connectivity index (χ3n) is 6.08. The Labute approximate surface area is 232 Å². The molecule has 0 bridgehead atoms. The first-order valence-electron chi connectivity index (χ1n) is 11.3. The Morgan fingerprint density at radius 1 is 0.875 bits per heavy atom. The van der Waals surface area contributed by atoms with Crippen molar-refractivity contribution >= 4 is 40.7 Å². The Kier molecular flexibility index (Phi) is 7.79. The average Bonchev–Trinajstić information content (AvgIpc) is 3.33. The molecule has 1 aliphatic heterocycles. The van der Waals surface area contributed by atoms with Crippen LogP contribution < -0.4 is 10.9 Å². The van der Waals surface area contributed by atoms with Gasteiger partial charge in [-0.25, -0.2) is 0 Å². The fourth-order valence-electron chi connectivity index (χ4n) is 4.01. The molecule has 1 aliphatic rings. The van der Waals surface area contributed by atoms with E-state index in [1.54, 1.807) is 0 Å². The van der Waals surface area contributed by atoms with Crippen LogP contribution in [0.25, 0.3) is 0 Å². The van der Waals surface area contributed by atoms with Gasteiger partial charge in [-0.3, -0.25) is 20.4 Å². The molecule has 0 fully saturated rings. The van der Waals surface area contributed by atoms with Gasteiger partial charge in [0.25, 0.3) is 17.4 Å². The van der Waals surface area contributed by atoms with Crippen LogP contribution in [0, 0.1) is 6.92 Å². The van der Waals surface area contributed by atoms with E-state index in [1.807, 2.05) is 0 Å². The van der Waals surface area contributed by atoms with E-state index in [4.69, 9.17) is 28.0 Å². The Balaban J connectivity index is 1.47. The van der Waals surface area contributed by atoms with E-state index in [0.29, 0.717) is 5.56 Å². The summed E-state index contributed by atoms with van der Waals surface area (Å²) in [5, 5.41) is 3.65. The Hall–Kier alpha value is -3.77. The predicted molar refractivity (Wildman–Crippen MR) is 134 cm³/mol. The van der Waals surface area contributed by atoms with Crippen molar-refractivity contribution in [3.8, 4) is 0 Å². The highest BCUT2D eigenvalue weighted by Gasteiger charge is 2.62. The lowest BCUT2D eigenvalue weighted by Crippen LogP contribution is -2.42. The predicted octanol–water partition coefficient (Wildman–Crippen LogP) is 6.98. The van der Waals surface area contributed by atoms with Gasteiger partial charge in [-0.05, 0) is 72.6 Å². The number of oxime groups is 1. The van der Waals surface area contributed by atoms with Crippen LogP contribution in [0.3, 0.4) is 0 Å². The Bertz CT molecular complexity index is 1490. The van der Waals surface area contributed by atoms with Crippen LogP contribution in [0.15, 0.2) is 65.8 Å². The number of aryl methyl sites for hydroxylation is 1. The van der Waals surface area contributed by atoms with E-state index in [0.717, 1.165) is 36.4 Å². The fourth-order valence-corrected chi connectivity index (χ4v) is 4.53. The molecular formula is C26H17Cl2F6N3O3. The zero-order valence-corrected chi connectivity index (χ0v) is 21.7. The number of carbonyl (C=O) groups excluding carboxylic acids is 2. The summed E-state index contributed by atoms with van der Waals surface area (Å²) in [4.78, 5) is 29.8. The molecule has 4 rings (SSSR count). The normalized spacial score (nSPS) is 17.2. The van der Waals surface area contributed by atoms with Crippen molar-refractivity contribution in [2.24, 2.45) is 5.16 Å². The summed E-state index contributed by atoms with van der Waals surface area (Å²) in [7, 11) is 0. The SMILES string of the molecule is Cc1cc(C2=NOC(c3cc(Cl)cc(Cl)c3)(C(F)(F)F)C2)ccc1C(=O)NNC(=O)c1ccc(C(F)(F)F)cc1. The smallest absolute Gasteiger partial charge is 0.374 e. The number of nitrogens with zero attached hydrogens (tertiary/aromatic N) is 1. The Morgan fingerprint density at radius 3 is 2.02 bits per heavy atom. The Morgan fingerprint density at radius 2 is 1.48 bits per heavy atom. The van der Waals surface area contributed by atoms with E-state index >= 15 is 0 Å². The van der Waals surface area contributed by atoms with Crippen LogP contribution in [0.1, 0.15) is 49.4 Å². The lowest BCUT2D eigenvalue weighted by Gasteiger charge is -2.29. The molecule has 14 heteroatoms. The van der Waals surface area contributed by atoms with E-state index in [1.165, 1.54) is 31.2 Å².